The number of sulfonamides is 1. The molecule has 3 N–H and O–H groups in total. The van der Waals surface area contributed by atoms with Gasteiger partial charge in [-0.15, -0.1) is 0 Å². The highest BCUT2D eigenvalue weighted by atomic mass is 32.2. The molecule has 2 aromatic carbocycles. The Bertz CT molecular complexity index is 1120. The van der Waals surface area contributed by atoms with Crippen molar-refractivity contribution in [3.63, 3.8) is 0 Å². The van der Waals surface area contributed by atoms with Crippen LogP contribution in [0.25, 0.3) is 22.4 Å². The molecule has 0 fully saturated rings. The average molecular weight is 416 g/mol. The van der Waals surface area contributed by atoms with Crippen LogP contribution in [-0.4, -0.2) is 31.2 Å². The van der Waals surface area contributed by atoms with Crippen LogP contribution in [0.5, 0.6) is 0 Å². The van der Waals surface area contributed by atoms with Crippen LogP contribution in [0.3, 0.4) is 0 Å². The average Bonchev–Trinajstić information content (AvgIpc) is 3.09. The number of ketones is 1. The molecule has 29 heavy (non-hydrogen) atoms. The van der Waals surface area contributed by atoms with Crippen LogP contribution in [0.1, 0.15) is 29.0 Å². The topological polar surface area (TPSA) is 133 Å². The third-order valence-electron chi connectivity index (χ3n) is 4.43. The van der Waals surface area contributed by atoms with E-state index in [4.69, 9.17) is 14.9 Å². The third kappa shape index (κ3) is 4.77. The van der Waals surface area contributed by atoms with Crippen molar-refractivity contribution in [3.8, 4) is 22.4 Å². The Morgan fingerprint density at radius 1 is 1.17 bits per heavy atom. The van der Waals surface area contributed by atoms with E-state index >= 15 is 0 Å². The lowest BCUT2D eigenvalue weighted by Gasteiger charge is -2.06. The van der Waals surface area contributed by atoms with Crippen molar-refractivity contribution in [1.29, 1.82) is 0 Å². The lowest BCUT2D eigenvalue weighted by atomic mass is 9.97. The molecule has 0 unspecified atom stereocenters. The van der Waals surface area contributed by atoms with Gasteiger partial charge in [-0.1, -0.05) is 35.5 Å². The molecule has 9 heteroatoms. The van der Waals surface area contributed by atoms with Gasteiger partial charge in [-0.25, -0.2) is 18.4 Å². The fourth-order valence-corrected chi connectivity index (χ4v) is 3.52. The normalized spacial score (nSPS) is 11.6. The van der Waals surface area contributed by atoms with Crippen LogP contribution < -0.4 is 5.14 Å². The summed E-state index contributed by atoms with van der Waals surface area (Å²) >= 11 is 0. The van der Waals surface area contributed by atoms with Crippen molar-refractivity contribution in [1.82, 2.24) is 5.16 Å². The molecular weight excluding hydrogens is 396 g/mol. The van der Waals surface area contributed by atoms with E-state index in [2.05, 4.69) is 10.0 Å². The fraction of sp³-hybridized carbons (Fsp3) is 0.200. The van der Waals surface area contributed by atoms with Crippen LogP contribution >= 0.6 is 0 Å². The number of primary sulfonamides is 1. The minimum atomic E-state index is -3.79. The number of nitrogens with two attached hydrogens (primary N) is 1. The molecule has 0 spiro atoms. The lowest BCUT2D eigenvalue weighted by Crippen LogP contribution is -2.11. The first-order valence-electron chi connectivity index (χ1n) is 8.81. The van der Waals surface area contributed by atoms with E-state index in [1.54, 1.807) is 37.3 Å². The molecular formula is C20H20N2O6S. The van der Waals surface area contributed by atoms with E-state index in [0.29, 0.717) is 40.1 Å². The van der Waals surface area contributed by atoms with Crippen LogP contribution in [-0.2, 0) is 14.9 Å². The highest BCUT2D eigenvalue weighted by molar-refractivity contribution is 7.89. The predicted molar refractivity (Wildman–Crippen MR) is 106 cm³/mol. The molecule has 3 aromatic rings. The summed E-state index contributed by atoms with van der Waals surface area (Å²) < 4.78 is 28.3. The van der Waals surface area contributed by atoms with E-state index < -0.39 is 10.0 Å². The summed E-state index contributed by atoms with van der Waals surface area (Å²) in [6.45, 7) is 1.84. The molecule has 0 saturated carbocycles. The van der Waals surface area contributed by atoms with Gasteiger partial charge in [-0.3, -0.25) is 10.1 Å². The van der Waals surface area contributed by atoms with Gasteiger partial charge < -0.3 is 4.52 Å². The molecule has 0 radical (unpaired) electrons. The van der Waals surface area contributed by atoms with Gasteiger partial charge in [0.25, 0.3) is 0 Å². The molecule has 1 heterocycles. The Labute approximate surface area is 167 Å². The first kappa shape index (κ1) is 20.9. The number of Topliss-reactive ketones (excluding diaryl/α,β-unsaturated/α-hetero) is 1. The van der Waals surface area contributed by atoms with Gasteiger partial charge in [0.05, 0.1) is 17.1 Å². The van der Waals surface area contributed by atoms with Crippen LogP contribution in [0.4, 0.5) is 0 Å². The summed E-state index contributed by atoms with van der Waals surface area (Å²) in [5.74, 6) is 0.475. The Morgan fingerprint density at radius 3 is 2.55 bits per heavy atom. The second-order valence-corrected chi connectivity index (χ2v) is 8.03. The zero-order chi connectivity index (χ0) is 21.0. The summed E-state index contributed by atoms with van der Waals surface area (Å²) in [4.78, 5) is 16.4. The minimum Gasteiger partial charge on any atom is -0.360 e. The van der Waals surface area contributed by atoms with Crippen LogP contribution in [0.2, 0.25) is 0 Å². The van der Waals surface area contributed by atoms with Gasteiger partial charge in [-0.2, -0.15) is 0 Å². The molecule has 1 aromatic heterocycles. The maximum Gasteiger partial charge on any atom is 0.238 e. The largest absolute Gasteiger partial charge is 0.360 e. The molecule has 0 bridgehead atoms. The monoisotopic (exact) mass is 416 g/mol. The number of carbonyl (C=O) groups excluding carboxylic acids is 1. The number of nitrogens with zero attached hydrogens (tertiary/aromatic N) is 1. The summed E-state index contributed by atoms with van der Waals surface area (Å²) in [5.41, 5.74) is 3.15. The Hall–Kier alpha value is -2.85. The molecule has 0 atom stereocenters. The van der Waals surface area contributed by atoms with E-state index in [9.17, 15) is 13.2 Å². The smallest absolute Gasteiger partial charge is 0.238 e. The van der Waals surface area contributed by atoms with Gasteiger partial charge in [0.1, 0.15) is 11.5 Å². The highest BCUT2D eigenvalue weighted by Gasteiger charge is 2.18. The quantitative estimate of drug-likeness (QED) is 0.249. The molecule has 0 aliphatic heterocycles. The summed E-state index contributed by atoms with van der Waals surface area (Å²) in [6.07, 6.45) is 0.647. The highest BCUT2D eigenvalue weighted by Crippen LogP contribution is 2.35. The number of rotatable bonds is 8. The predicted octanol–water partition coefficient (Wildman–Crippen LogP) is 3.42. The van der Waals surface area contributed by atoms with Gasteiger partial charge in [0.15, 0.2) is 5.78 Å². The molecule has 0 aliphatic rings. The Kier molecular flexibility index (Phi) is 6.23. The molecule has 3 rings (SSSR count). The number of hydrogen-bond donors (Lipinski definition) is 2. The SMILES string of the molecule is Cc1onc(-c2cccc(C(=O)CCCOO)c2)c1-c1ccc(S(N)(=O)=O)cc1. The van der Waals surface area contributed by atoms with Crippen molar-refractivity contribution in [2.45, 2.75) is 24.7 Å². The fourth-order valence-electron chi connectivity index (χ4n) is 3.00. The number of aromatic nitrogens is 1. The van der Waals surface area contributed by atoms with Crippen molar-refractivity contribution in [3.05, 3.63) is 59.9 Å². The molecule has 0 amide bonds. The maximum atomic E-state index is 12.3. The zero-order valence-corrected chi connectivity index (χ0v) is 16.5. The second-order valence-electron chi connectivity index (χ2n) is 6.47. The third-order valence-corrected chi connectivity index (χ3v) is 5.36. The van der Waals surface area contributed by atoms with E-state index in [1.165, 1.54) is 12.1 Å². The zero-order valence-electron chi connectivity index (χ0n) is 15.7. The Balaban J connectivity index is 1.96. The maximum absolute atomic E-state index is 12.3. The summed E-state index contributed by atoms with van der Waals surface area (Å²) in [5, 5.41) is 17.7. The van der Waals surface area contributed by atoms with Gasteiger partial charge >= 0.3 is 0 Å². The van der Waals surface area contributed by atoms with Crippen molar-refractivity contribution in [2.75, 3.05) is 6.61 Å². The number of hydrogen-bond acceptors (Lipinski definition) is 7. The lowest BCUT2D eigenvalue weighted by molar-refractivity contribution is -0.242. The molecule has 152 valence electrons. The van der Waals surface area contributed by atoms with E-state index in [0.717, 1.165) is 0 Å². The van der Waals surface area contributed by atoms with Crippen molar-refractivity contribution in [2.24, 2.45) is 5.14 Å². The second kappa shape index (κ2) is 8.66. The standard InChI is InChI=1S/C20H20N2O6S/c1-13-19(14-7-9-17(10-8-14)29(21,25)26)20(22-28-13)16-5-2-4-15(12-16)18(23)6-3-11-27-24/h2,4-5,7-10,12,24H,3,6,11H2,1H3,(H2,21,25,26). The summed E-state index contributed by atoms with van der Waals surface area (Å²) in [6, 6.07) is 13.1. The first-order valence-corrected chi connectivity index (χ1v) is 10.4. The Morgan fingerprint density at radius 2 is 1.90 bits per heavy atom. The van der Waals surface area contributed by atoms with Gasteiger partial charge in [-0.05, 0) is 37.1 Å². The number of carbonyl (C=O) groups is 1. The van der Waals surface area contributed by atoms with E-state index in [-0.39, 0.29) is 23.7 Å². The minimum absolute atomic E-state index is 0.0105. The molecule has 0 aliphatic carbocycles. The summed E-state index contributed by atoms with van der Waals surface area (Å²) in [7, 11) is -3.79. The van der Waals surface area contributed by atoms with Crippen LogP contribution in [0, 0.1) is 6.92 Å². The van der Waals surface area contributed by atoms with Gasteiger partial charge in [0, 0.05) is 17.5 Å². The number of aryl methyl sites for hydroxylation is 1. The van der Waals surface area contributed by atoms with E-state index in [1.807, 2.05) is 6.07 Å². The van der Waals surface area contributed by atoms with Crippen molar-refractivity contribution >= 4 is 15.8 Å². The first-order chi connectivity index (χ1) is 13.8. The van der Waals surface area contributed by atoms with Crippen LogP contribution in [0.15, 0.2) is 57.9 Å². The van der Waals surface area contributed by atoms with Crippen molar-refractivity contribution < 1.29 is 27.9 Å². The molecule has 8 nitrogen and oxygen atoms in total. The molecule has 0 saturated heterocycles. The number of benzene rings is 2. The van der Waals surface area contributed by atoms with Gasteiger partial charge in [0.2, 0.25) is 10.0 Å².